The Hall–Kier alpha value is -2.91. The minimum atomic E-state index is -3.55. The Morgan fingerprint density at radius 3 is 0.929 bits per heavy atom. The van der Waals surface area contributed by atoms with E-state index < -0.39 is 41.8 Å². The van der Waals surface area contributed by atoms with Crippen molar-refractivity contribution in [3.63, 3.8) is 0 Å². The summed E-state index contributed by atoms with van der Waals surface area (Å²) in [6.45, 7) is 0. The molecular formula is C36H24O3Te3+2. The van der Waals surface area contributed by atoms with Gasteiger partial charge in [0.25, 0.3) is 0 Å². The second-order valence-electron chi connectivity index (χ2n) is 10.0. The summed E-state index contributed by atoms with van der Waals surface area (Å²) in [6.07, 6.45) is 0. The van der Waals surface area contributed by atoms with E-state index in [-0.39, 0.29) is 0 Å². The van der Waals surface area contributed by atoms with Crippen molar-refractivity contribution in [2.75, 3.05) is 0 Å². The van der Waals surface area contributed by atoms with Gasteiger partial charge < -0.3 is 0 Å². The fourth-order valence-electron chi connectivity index (χ4n) is 5.91. The molecule has 0 saturated carbocycles. The summed E-state index contributed by atoms with van der Waals surface area (Å²) in [5.41, 5.74) is 0. The molecule has 0 spiro atoms. The average molecular weight is 887 g/mol. The van der Waals surface area contributed by atoms with Crippen LogP contribution in [0.4, 0.5) is 0 Å². The number of ether oxygens (including phenoxy) is 3. The van der Waals surface area contributed by atoms with Gasteiger partial charge in [-0.05, 0) is 0 Å². The molecule has 0 amide bonds. The van der Waals surface area contributed by atoms with Gasteiger partial charge in [0.15, 0.2) is 0 Å². The van der Waals surface area contributed by atoms with Crippen molar-refractivity contribution in [2.24, 2.45) is 0 Å². The first-order valence-electron chi connectivity index (χ1n) is 13.7. The molecule has 9 rings (SSSR count). The number of rotatable bonds is 2. The Morgan fingerprint density at radius 1 is 0.310 bits per heavy atom. The summed E-state index contributed by atoms with van der Waals surface area (Å²) in [5, 5.41) is 0. The van der Waals surface area contributed by atoms with Crippen LogP contribution in [0.3, 0.4) is 0 Å². The van der Waals surface area contributed by atoms with Crippen LogP contribution >= 0.6 is 0 Å². The summed E-state index contributed by atoms with van der Waals surface area (Å²) < 4.78 is 29.0. The Bertz CT molecular complexity index is 1790. The predicted octanol–water partition coefficient (Wildman–Crippen LogP) is 4.34. The van der Waals surface area contributed by atoms with Gasteiger partial charge in [0.1, 0.15) is 0 Å². The first-order chi connectivity index (χ1) is 20.8. The molecule has 0 radical (unpaired) electrons. The van der Waals surface area contributed by atoms with Crippen molar-refractivity contribution in [3.05, 3.63) is 146 Å². The average Bonchev–Trinajstić information content (AvgIpc) is 3.05. The third-order valence-electron chi connectivity index (χ3n) is 7.60. The third-order valence-corrected chi connectivity index (χ3v) is 104. The van der Waals surface area contributed by atoms with Gasteiger partial charge in [0.05, 0.1) is 0 Å². The molecule has 0 saturated heterocycles. The normalized spacial score (nSPS) is 16.5. The molecule has 202 valence electrons. The topological polar surface area (TPSA) is 27.7 Å². The molecule has 3 aliphatic heterocycles. The molecule has 3 nitrogen and oxygen atoms in total. The molecular weight excluding hydrogens is 863 g/mol. The number of hydrogen-bond donors (Lipinski definition) is 0. The van der Waals surface area contributed by atoms with E-state index in [4.69, 9.17) is 14.2 Å². The summed E-state index contributed by atoms with van der Waals surface area (Å²) >= 11 is -4.97. The fraction of sp³-hybridized carbons (Fsp3) is 0. The summed E-state index contributed by atoms with van der Waals surface area (Å²) in [5.74, 6) is 6.23. The molecule has 0 atom stereocenters. The first kappa shape index (κ1) is 25.6. The van der Waals surface area contributed by atoms with Gasteiger partial charge in [-0.25, -0.2) is 0 Å². The SMILES string of the molecule is c1ccc2c(c1)Oc1ccccc1[Te+]2[Te]1([Te+]2c3ccccc3Oc3ccccc32)c2ccccc2Oc2ccccc21. The fourth-order valence-corrected chi connectivity index (χ4v) is 134. The van der Waals surface area contributed by atoms with Crippen LogP contribution in [-0.2, 0) is 0 Å². The van der Waals surface area contributed by atoms with E-state index >= 15 is 0 Å². The molecule has 0 N–H and O–H groups in total. The van der Waals surface area contributed by atoms with E-state index in [1.807, 2.05) is 0 Å². The van der Waals surface area contributed by atoms with E-state index in [0.29, 0.717) is 0 Å². The Labute approximate surface area is 255 Å². The van der Waals surface area contributed by atoms with Crippen LogP contribution in [0.1, 0.15) is 0 Å². The van der Waals surface area contributed by atoms with Gasteiger partial charge >= 0.3 is 258 Å². The summed E-state index contributed by atoms with van der Waals surface area (Å²) in [4.78, 5) is 0. The third kappa shape index (κ3) is 3.65. The van der Waals surface area contributed by atoms with Crippen molar-refractivity contribution < 1.29 is 14.2 Å². The molecule has 0 bridgehead atoms. The van der Waals surface area contributed by atoms with Crippen LogP contribution in [0.25, 0.3) is 0 Å². The molecule has 0 aliphatic carbocycles. The zero-order chi connectivity index (χ0) is 27.7. The second kappa shape index (κ2) is 10.1. The van der Waals surface area contributed by atoms with E-state index in [1.165, 1.54) is 21.7 Å². The van der Waals surface area contributed by atoms with Gasteiger partial charge in [-0.1, -0.05) is 0 Å². The Balaban J connectivity index is 1.51. The maximum absolute atomic E-state index is 6.81. The van der Waals surface area contributed by atoms with Crippen LogP contribution in [0.2, 0.25) is 0 Å². The number of benzene rings is 6. The number of fused-ring (bicyclic) bond motifs is 6. The van der Waals surface area contributed by atoms with Crippen molar-refractivity contribution in [1.82, 2.24) is 0 Å². The standard InChI is InChI=1S/C36H24O3Te3/c1-7-19-31-25(13-1)37-26-14-2-8-20-32(26)40(31)42(35-23-11-5-17-29(35)39-30-18-6-12-24-36(30)42)41-33-21-9-3-15-27(33)38-28-16-4-10-22-34(28)41/h1-24H/q+2. The zero-order valence-corrected chi connectivity index (χ0v) is 29.3. The summed E-state index contributed by atoms with van der Waals surface area (Å²) in [7, 11) is -3.55. The van der Waals surface area contributed by atoms with Gasteiger partial charge in [-0.3, -0.25) is 0 Å². The molecule has 0 fully saturated rings. The van der Waals surface area contributed by atoms with Gasteiger partial charge in [-0.2, -0.15) is 0 Å². The van der Waals surface area contributed by atoms with Gasteiger partial charge in [0, 0.05) is 0 Å². The molecule has 0 aromatic heterocycles. The zero-order valence-electron chi connectivity index (χ0n) is 22.3. The molecule has 3 heterocycles. The monoisotopic (exact) mass is 894 g/mol. The van der Waals surface area contributed by atoms with E-state index in [2.05, 4.69) is 146 Å². The van der Waals surface area contributed by atoms with E-state index in [1.54, 1.807) is 0 Å². The quantitative estimate of drug-likeness (QED) is 0.243. The van der Waals surface area contributed by atoms with Crippen LogP contribution in [0, 0.1) is 0 Å². The van der Waals surface area contributed by atoms with Crippen LogP contribution in [0.15, 0.2) is 146 Å². The molecule has 6 aromatic rings. The van der Waals surface area contributed by atoms with Gasteiger partial charge in [0.2, 0.25) is 0 Å². The molecule has 42 heavy (non-hydrogen) atoms. The van der Waals surface area contributed by atoms with Gasteiger partial charge in [-0.15, -0.1) is 0 Å². The second-order valence-corrected chi connectivity index (χ2v) is 69.1. The first-order valence-corrected chi connectivity index (χ1v) is 35.4. The number of hydrogen-bond acceptors (Lipinski definition) is 3. The van der Waals surface area contributed by atoms with Crippen molar-refractivity contribution >= 4 is 63.5 Å². The minimum absolute atomic E-state index is 1.04. The molecule has 6 aromatic carbocycles. The number of para-hydroxylation sites is 6. The van der Waals surface area contributed by atoms with Crippen molar-refractivity contribution in [2.45, 2.75) is 0 Å². The molecule has 3 aliphatic rings. The van der Waals surface area contributed by atoms with Crippen LogP contribution in [-0.4, -0.2) is 41.8 Å². The van der Waals surface area contributed by atoms with Crippen LogP contribution < -0.4 is 35.9 Å². The van der Waals surface area contributed by atoms with E-state index in [9.17, 15) is 0 Å². The van der Waals surface area contributed by atoms with E-state index in [0.717, 1.165) is 34.5 Å². The maximum atomic E-state index is 6.81. The molecule has 6 heteroatoms. The Morgan fingerprint density at radius 2 is 0.571 bits per heavy atom. The Kier molecular flexibility index (Phi) is 6.14. The summed E-state index contributed by atoms with van der Waals surface area (Å²) in [6, 6.07) is 53.6. The van der Waals surface area contributed by atoms with Crippen LogP contribution in [0.5, 0.6) is 34.5 Å². The van der Waals surface area contributed by atoms with Crippen molar-refractivity contribution in [3.8, 4) is 34.5 Å². The van der Waals surface area contributed by atoms with Crippen molar-refractivity contribution in [1.29, 1.82) is 0 Å². The predicted molar refractivity (Wildman–Crippen MR) is 174 cm³/mol. The molecule has 0 unspecified atom stereocenters.